The molecule has 1 unspecified atom stereocenters. The van der Waals surface area contributed by atoms with Crippen LogP contribution in [0.4, 0.5) is 0 Å². The highest BCUT2D eigenvalue weighted by molar-refractivity contribution is 5.78. The number of furan rings is 2. The molecule has 1 aliphatic rings. The molecular weight excluding hydrogens is 340 g/mol. The summed E-state index contributed by atoms with van der Waals surface area (Å²) in [5.74, 6) is 1.68. The smallest absolute Gasteiger partial charge is 0.234 e. The Morgan fingerprint density at radius 2 is 1.70 bits per heavy atom. The lowest BCUT2D eigenvalue weighted by Crippen LogP contribution is -2.39. The summed E-state index contributed by atoms with van der Waals surface area (Å²) < 4.78 is 10.9. The minimum Gasteiger partial charge on any atom is -0.468 e. The van der Waals surface area contributed by atoms with Crippen molar-refractivity contribution in [2.45, 2.75) is 38.4 Å². The molecule has 1 amide bonds. The van der Waals surface area contributed by atoms with Crippen LogP contribution in [0.25, 0.3) is 0 Å². The number of fused-ring (bicyclic) bond motifs is 1. The minimum absolute atomic E-state index is 0.0230. The van der Waals surface area contributed by atoms with Gasteiger partial charge in [-0.25, -0.2) is 0 Å². The number of rotatable bonds is 7. The highest BCUT2D eigenvalue weighted by Crippen LogP contribution is 2.29. The molecule has 5 nitrogen and oxygen atoms in total. The summed E-state index contributed by atoms with van der Waals surface area (Å²) in [6, 6.07) is 16.1. The van der Waals surface area contributed by atoms with E-state index in [9.17, 15) is 4.79 Å². The number of carbonyl (C=O) groups excluding carboxylic acids is 1. The third-order valence-corrected chi connectivity index (χ3v) is 4.99. The van der Waals surface area contributed by atoms with Gasteiger partial charge in [0.25, 0.3) is 0 Å². The first-order valence-corrected chi connectivity index (χ1v) is 9.42. The van der Waals surface area contributed by atoms with Crippen molar-refractivity contribution < 1.29 is 13.6 Å². The molecule has 0 spiro atoms. The molecule has 0 fully saturated rings. The van der Waals surface area contributed by atoms with E-state index in [4.69, 9.17) is 8.83 Å². The summed E-state index contributed by atoms with van der Waals surface area (Å²) in [6.45, 7) is 1.41. The number of hydrogen-bond donors (Lipinski definition) is 1. The SMILES string of the molecule is O=C(CN(Cc1ccco1)Cc1ccco1)NC1CCCc2ccccc21. The first kappa shape index (κ1) is 17.6. The number of amides is 1. The highest BCUT2D eigenvalue weighted by Gasteiger charge is 2.22. The van der Waals surface area contributed by atoms with Crippen molar-refractivity contribution in [3.63, 3.8) is 0 Å². The summed E-state index contributed by atoms with van der Waals surface area (Å²) in [5.41, 5.74) is 2.60. The van der Waals surface area contributed by atoms with Gasteiger partial charge in [0, 0.05) is 0 Å². The maximum atomic E-state index is 12.8. The molecule has 4 rings (SSSR count). The van der Waals surface area contributed by atoms with Crippen LogP contribution in [0.3, 0.4) is 0 Å². The van der Waals surface area contributed by atoms with Crippen LogP contribution in [0.1, 0.15) is 41.5 Å². The molecule has 1 atom stereocenters. The third kappa shape index (κ3) is 4.49. The molecule has 2 heterocycles. The zero-order valence-electron chi connectivity index (χ0n) is 15.3. The summed E-state index contributed by atoms with van der Waals surface area (Å²) in [6.07, 6.45) is 6.48. The molecule has 0 bridgehead atoms. The number of nitrogens with zero attached hydrogens (tertiary/aromatic N) is 1. The second kappa shape index (κ2) is 8.27. The Morgan fingerprint density at radius 1 is 1.00 bits per heavy atom. The summed E-state index contributed by atoms with van der Waals surface area (Å²) in [4.78, 5) is 14.8. The highest BCUT2D eigenvalue weighted by atomic mass is 16.3. The lowest BCUT2D eigenvalue weighted by Gasteiger charge is -2.27. The van der Waals surface area contributed by atoms with E-state index in [0.717, 1.165) is 30.8 Å². The van der Waals surface area contributed by atoms with E-state index in [-0.39, 0.29) is 11.9 Å². The predicted molar refractivity (Wildman–Crippen MR) is 102 cm³/mol. The van der Waals surface area contributed by atoms with Crippen LogP contribution in [-0.2, 0) is 24.3 Å². The Morgan fingerprint density at radius 3 is 2.37 bits per heavy atom. The van der Waals surface area contributed by atoms with Gasteiger partial charge in [-0.15, -0.1) is 0 Å². The largest absolute Gasteiger partial charge is 0.468 e. The second-order valence-electron chi connectivity index (χ2n) is 7.02. The van der Waals surface area contributed by atoms with E-state index < -0.39 is 0 Å². The van der Waals surface area contributed by atoms with Crippen LogP contribution in [0.5, 0.6) is 0 Å². The average Bonchev–Trinajstić information content (AvgIpc) is 3.36. The van der Waals surface area contributed by atoms with Crippen molar-refractivity contribution in [3.05, 3.63) is 83.7 Å². The van der Waals surface area contributed by atoms with E-state index >= 15 is 0 Å². The molecule has 0 saturated heterocycles. The average molecular weight is 364 g/mol. The molecule has 0 radical (unpaired) electrons. The fourth-order valence-electron chi connectivity index (χ4n) is 3.76. The normalized spacial score (nSPS) is 16.3. The van der Waals surface area contributed by atoms with Gasteiger partial charge in [0.2, 0.25) is 5.91 Å². The number of nitrogens with one attached hydrogen (secondary N) is 1. The molecule has 5 heteroatoms. The van der Waals surface area contributed by atoms with Crippen molar-refractivity contribution in [3.8, 4) is 0 Å². The van der Waals surface area contributed by atoms with Gasteiger partial charge >= 0.3 is 0 Å². The molecule has 1 N–H and O–H groups in total. The number of carbonyl (C=O) groups is 1. The van der Waals surface area contributed by atoms with Crippen molar-refractivity contribution in [1.82, 2.24) is 10.2 Å². The molecule has 27 heavy (non-hydrogen) atoms. The predicted octanol–water partition coefficient (Wildman–Crippen LogP) is 4.07. The lowest BCUT2D eigenvalue weighted by atomic mass is 9.88. The van der Waals surface area contributed by atoms with Gasteiger partial charge in [-0.2, -0.15) is 0 Å². The number of benzene rings is 1. The van der Waals surface area contributed by atoms with Crippen molar-refractivity contribution in [2.24, 2.45) is 0 Å². The summed E-state index contributed by atoms with van der Waals surface area (Å²) in [7, 11) is 0. The molecule has 0 saturated carbocycles. The Labute approximate surface area is 159 Å². The Balaban J connectivity index is 1.42. The second-order valence-corrected chi connectivity index (χ2v) is 7.02. The zero-order valence-corrected chi connectivity index (χ0v) is 15.3. The summed E-state index contributed by atoms with van der Waals surface area (Å²) in [5, 5.41) is 3.22. The van der Waals surface area contributed by atoms with E-state index in [1.807, 2.05) is 35.2 Å². The van der Waals surface area contributed by atoms with Crippen LogP contribution < -0.4 is 5.32 Å². The Bertz CT molecular complexity index is 819. The van der Waals surface area contributed by atoms with Gasteiger partial charge in [-0.3, -0.25) is 9.69 Å². The van der Waals surface area contributed by atoms with Crippen molar-refractivity contribution in [1.29, 1.82) is 0 Å². The van der Waals surface area contributed by atoms with Crippen LogP contribution >= 0.6 is 0 Å². The molecule has 140 valence electrons. The first-order valence-electron chi connectivity index (χ1n) is 9.42. The van der Waals surface area contributed by atoms with Gasteiger partial charge in [-0.1, -0.05) is 24.3 Å². The Hall–Kier alpha value is -2.79. The van der Waals surface area contributed by atoms with Gasteiger partial charge in [0.1, 0.15) is 11.5 Å². The quantitative estimate of drug-likeness (QED) is 0.687. The first-order chi connectivity index (χ1) is 13.3. The minimum atomic E-state index is 0.0230. The summed E-state index contributed by atoms with van der Waals surface area (Å²) >= 11 is 0. The van der Waals surface area contributed by atoms with Gasteiger partial charge in [-0.05, 0) is 54.7 Å². The van der Waals surface area contributed by atoms with Crippen molar-refractivity contribution >= 4 is 5.91 Å². The van der Waals surface area contributed by atoms with Crippen LogP contribution in [0.2, 0.25) is 0 Å². The molecule has 1 aromatic carbocycles. The van der Waals surface area contributed by atoms with Crippen LogP contribution in [0, 0.1) is 0 Å². The van der Waals surface area contributed by atoms with E-state index in [2.05, 4.69) is 23.5 Å². The topological polar surface area (TPSA) is 58.6 Å². The number of aryl methyl sites for hydroxylation is 1. The fraction of sp³-hybridized carbons (Fsp3) is 0.318. The molecule has 1 aliphatic carbocycles. The number of hydrogen-bond acceptors (Lipinski definition) is 4. The molecule has 0 aliphatic heterocycles. The Kier molecular flexibility index (Phi) is 5.39. The third-order valence-electron chi connectivity index (χ3n) is 4.99. The van der Waals surface area contributed by atoms with Crippen molar-refractivity contribution in [2.75, 3.05) is 6.54 Å². The monoisotopic (exact) mass is 364 g/mol. The van der Waals surface area contributed by atoms with E-state index in [1.54, 1.807) is 12.5 Å². The lowest BCUT2D eigenvalue weighted by molar-refractivity contribution is -0.123. The maximum absolute atomic E-state index is 12.8. The van der Waals surface area contributed by atoms with Gasteiger partial charge in [0.15, 0.2) is 0 Å². The fourth-order valence-corrected chi connectivity index (χ4v) is 3.76. The maximum Gasteiger partial charge on any atom is 0.234 e. The molecular formula is C22H24N2O3. The zero-order chi connectivity index (χ0) is 18.5. The molecule has 2 aromatic heterocycles. The van der Waals surface area contributed by atoms with Gasteiger partial charge < -0.3 is 14.2 Å². The molecule has 3 aromatic rings. The van der Waals surface area contributed by atoms with E-state index in [1.165, 1.54) is 11.1 Å². The standard InChI is InChI=1S/C22H24N2O3/c25-22(23-21-11-3-7-17-6-1-2-10-20(17)21)16-24(14-18-8-4-12-26-18)15-19-9-5-13-27-19/h1-2,4-6,8-10,12-13,21H,3,7,11,14-16H2,(H,23,25). The van der Waals surface area contributed by atoms with Crippen LogP contribution in [-0.4, -0.2) is 17.4 Å². The van der Waals surface area contributed by atoms with Crippen LogP contribution in [0.15, 0.2) is 69.9 Å². The van der Waals surface area contributed by atoms with Gasteiger partial charge in [0.05, 0.1) is 38.2 Å². The van der Waals surface area contributed by atoms with E-state index in [0.29, 0.717) is 19.6 Å².